The number of hydrogen-bond acceptors (Lipinski definition) is 2. The highest BCUT2D eigenvalue weighted by molar-refractivity contribution is 5.93. The maximum atomic E-state index is 11.5. The molecular weight excluding hydrogens is 214 g/mol. The van der Waals surface area contributed by atoms with Gasteiger partial charge in [-0.05, 0) is 36.5 Å². The molecule has 0 heterocycles. The average Bonchev–Trinajstić information content (AvgIpc) is 2.39. The molecule has 1 N–H and O–H groups in total. The van der Waals surface area contributed by atoms with Crippen LogP contribution in [-0.4, -0.2) is 23.2 Å². The summed E-state index contributed by atoms with van der Waals surface area (Å²) < 4.78 is 0. The van der Waals surface area contributed by atoms with Gasteiger partial charge in [0.05, 0.1) is 0 Å². The van der Waals surface area contributed by atoms with Gasteiger partial charge in [0.1, 0.15) is 0 Å². The molecule has 0 saturated heterocycles. The molecule has 0 aromatic heterocycles. The van der Waals surface area contributed by atoms with Crippen molar-refractivity contribution in [3.63, 3.8) is 0 Å². The number of carbonyl (C=O) groups excluding carboxylic acids is 1. The molecule has 1 aliphatic carbocycles. The van der Waals surface area contributed by atoms with Crippen LogP contribution in [0.1, 0.15) is 53.9 Å². The van der Waals surface area contributed by atoms with E-state index in [1.807, 2.05) is 12.1 Å². The summed E-state index contributed by atoms with van der Waals surface area (Å²) >= 11 is 0. The summed E-state index contributed by atoms with van der Waals surface area (Å²) in [6.45, 7) is 0. The summed E-state index contributed by atoms with van der Waals surface area (Å²) in [5.74, 6) is 0.292. The van der Waals surface area contributed by atoms with Crippen molar-refractivity contribution in [3.8, 4) is 0 Å². The first-order valence-electron chi connectivity index (χ1n) is 6.25. The van der Waals surface area contributed by atoms with Gasteiger partial charge in [-0.2, -0.15) is 0 Å². The van der Waals surface area contributed by atoms with E-state index in [1.165, 1.54) is 44.7 Å². The Kier molecular flexibility index (Phi) is 3.79. The second-order valence-corrected chi connectivity index (χ2v) is 4.79. The van der Waals surface area contributed by atoms with Gasteiger partial charge in [-0.1, -0.05) is 31.4 Å². The van der Waals surface area contributed by atoms with Crippen LogP contribution >= 0.6 is 0 Å². The molecule has 1 aromatic rings. The fraction of sp³-hybridized carbons (Fsp3) is 0.500. The van der Waals surface area contributed by atoms with E-state index in [-0.39, 0.29) is 5.91 Å². The molecule has 2 rings (SSSR count). The molecule has 0 aliphatic heterocycles. The van der Waals surface area contributed by atoms with E-state index in [2.05, 4.69) is 0 Å². The van der Waals surface area contributed by atoms with Crippen molar-refractivity contribution in [1.29, 1.82) is 0 Å². The summed E-state index contributed by atoms with van der Waals surface area (Å²) in [7, 11) is 1.34. The topological polar surface area (TPSA) is 40.5 Å². The van der Waals surface area contributed by atoms with Gasteiger partial charge in [0, 0.05) is 12.6 Å². The molecular formula is C14H19NO2. The Morgan fingerprint density at radius 2 is 1.76 bits per heavy atom. The van der Waals surface area contributed by atoms with Crippen molar-refractivity contribution >= 4 is 5.91 Å². The summed E-state index contributed by atoms with van der Waals surface area (Å²) in [5, 5.41) is 9.70. The summed E-state index contributed by atoms with van der Waals surface area (Å²) in [5.41, 5.74) is 1.86. The van der Waals surface area contributed by atoms with Crippen LogP contribution in [0.25, 0.3) is 0 Å². The largest absolute Gasteiger partial charge is 0.286 e. The maximum Gasteiger partial charge on any atom is 0.276 e. The van der Waals surface area contributed by atoms with Gasteiger partial charge in [0.15, 0.2) is 0 Å². The first-order chi connectivity index (χ1) is 8.18. The van der Waals surface area contributed by atoms with Crippen LogP contribution in [0.3, 0.4) is 0 Å². The van der Waals surface area contributed by atoms with Gasteiger partial charge in [-0.25, -0.2) is 5.06 Å². The minimum absolute atomic E-state index is 0.361. The van der Waals surface area contributed by atoms with Crippen LogP contribution in [-0.2, 0) is 0 Å². The molecule has 0 unspecified atom stereocenters. The Labute approximate surface area is 102 Å². The van der Waals surface area contributed by atoms with Crippen LogP contribution in [0.5, 0.6) is 0 Å². The van der Waals surface area contributed by atoms with Crippen molar-refractivity contribution in [3.05, 3.63) is 35.4 Å². The minimum Gasteiger partial charge on any atom is -0.286 e. The van der Waals surface area contributed by atoms with Crippen LogP contribution in [0, 0.1) is 0 Å². The molecule has 1 fully saturated rings. The number of carbonyl (C=O) groups is 1. The Bertz CT molecular complexity index is 378. The first kappa shape index (κ1) is 12.1. The predicted molar refractivity (Wildman–Crippen MR) is 66.1 cm³/mol. The second-order valence-electron chi connectivity index (χ2n) is 4.79. The summed E-state index contributed by atoms with van der Waals surface area (Å²) in [6, 6.07) is 7.65. The predicted octanol–water partition coefficient (Wildman–Crippen LogP) is 3.20. The third-order valence-electron chi connectivity index (χ3n) is 3.53. The van der Waals surface area contributed by atoms with Gasteiger partial charge in [0.25, 0.3) is 5.91 Å². The van der Waals surface area contributed by atoms with E-state index in [0.717, 1.165) is 0 Å². The van der Waals surface area contributed by atoms with Crippen molar-refractivity contribution < 1.29 is 10.0 Å². The van der Waals surface area contributed by atoms with E-state index in [9.17, 15) is 4.79 Å². The highest BCUT2D eigenvalue weighted by atomic mass is 16.5. The first-order valence-corrected chi connectivity index (χ1v) is 6.25. The lowest BCUT2D eigenvalue weighted by atomic mass is 9.84. The lowest BCUT2D eigenvalue weighted by Gasteiger charge is -2.22. The van der Waals surface area contributed by atoms with Crippen LogP contribution in [0.4, 0.5) is 0 Å². The number of hydroxylamine groups is 2. The standard InChI is InChI=1S/C14H19NO2/c1-15(17)14(16)13-9-7-12(8-10-13)11-5-3-2-4-6-11/h7-11,17H,2-6H2,1H3. The van der Waals surface area contributed by atoms with E-state index in [4.69, 9.17) is 5.21 Å². The Hall–Kier alpha value is -1.35. The molecule has 1 saturated carbocycles. The zero-order valence-electron chi connectivity index (χ0n) is 10.2. The Morgan fingerprint density at radius 3 is 2.29 bits per heavy atom. The maximum absolute atomic E-state index is 11.5. The van der Waals surface area contributed by atoms with Crippen molar-refractivity contribution in [2.75, 3.05) is 7.05 Å². The zero-order chi connectivity index (χ0) is 12.3. The third kappa shape index (κ3) is 2.86. The summed E-state index contributed by atoms with van der Waals surface area (Å²) in [6.07, 6.45) is 6.48. The Morgan fingerprint density at radius 1 is 1.18 bits per heavy atom. The number of benzene rings is 1. The zero-order valence-corrected chi connectivity index (χ0v) is 10.2. The highest BCUT2D eigenvalue weighted by Gasteiger charge is 2.16. The molecule has 1 aromatic carbocycles. The monoisotopic (exact) mass is 233 g/mol. The minimum atomic E-state index is -0.361. The Balaban J connectivity index is 2.09. The molecule has 92 valence electrons. The molecule has 3 nitrogen and oxygen atoms in total. The van der Waals surface area contributed by atoms with E-state index in [1.54, 1.807) is 12.1 Å². The van der Waals surface area contributed by atoms with Gasteiger partial charge >= 0.3 is 0 Å². The summed E-state index contributed by atoms with van der Waals surface area (Å²) in [4.78, 5) is 11.5. The van der Waals surface area contributed by atoms with Crippen LogP contribution < -0.4 is 0 Å². The van der Waals surface area contributed by atoms with Crippen LogP contribution in [0.15, 0.2) is 24.3 Å². The molecule has 0 radical (unpaired) electrons. The fourth-order valence-corrected chi connectivity index (χ4v) is 2.52. The lowest BCUT2D eigenvalue weighted by Crippen LogP contribution is -2.22. The van der Waals surface area contributed by atoms with Crippen LogP contribution in [0.2, 0.25) is 0 Å². The molecule has 0 bridgehead atoms. The molecule has 0 spiro atoms. The molecule has 17 heavy (non-hydrogen) atoms. The van der Waals surface area contributed by atoms with E-state index in [0.29, 0.717) is 16.5 Å². The quantitative estimate of drug-likeness (QED) is 0.629. The number of rotatable bonds is 2. The second kappa shape index (κ2) is 5.32. The van der Waals surface area contributed by atoms with Crippen molar-refractivity contribution in [2.45, 2.75) is 38.0 Å². The number of amides is 1. The normalized spacial score (nSPS) is 16.8. The van der Waals surface area contributed by atoms with Gasteiger partial charge in [0.2, 0.25) is 0 Å². The average molecular weight is 233 g/mol. The smallest absolute Gasteiger partial charge is 0.276 e. The third-order valence-corrected chi connectivity index (χ3v) is 3.53. The van der Waals surface area contributed by atoms with Gasteiger partial charge in [-0.3, -0.25) is 10.0 Å². The molecule has 1 aliphatic rings. The molecule has 0 atom stereocenters. The van der Waals surface area contributed by atoms with Crippen molar-refractivity contribution in [2.24, 2.45) is 0 Å². The van der Waals surface area contributed by atoms with Crippen molar-refractivity contribution in [1.82, 2.24) is 5.06 Å². The highest BCUT2D eigenvalue weighted by Crippen LogP contribution is 2.32. The lowest BCUT2D eigenvalue weighted by molar-refractivity contribution is -0.0374. The van der Waals surface area contributed by atoms with Gasteiger partial charge < -0.3 is 0 Å². The van der Waals surface area contributed by atoms with Gasteiger partial charge in [-0.15, -0.1) is 0 Å². The molecule has 3 heteroatoms. The van der Waals surface area contributed by atoms with E-state index >= 15 is 0 Å². The number of hydrogen-bond donors (Lipinski definition) is 1. The SMILES string of the molecule is CN(O)C(=O)c1ccc(C2CCCCC2)cc1. The number of nitrogens with zero attached hydrogens (tertiary/aromatic N) is 1. The molecule has 1 amide bonds. The van der Waals surface area contributed by atoms with E-state index < -0.39 is 0 Å². The fourth-order valence-electron chi connectivity index (χ4n) is 2.52.